The molecule has 3 fully saturated rings. The number of nitrogens with zero attached hydrogens (tertiary/aromatic N) is 3. The van der Waals surface area contributed by atoms with Gasteiger partial charge in [-0.2, -0.15) is 18.4 Å². The number of carbonyl (C=O) groups is 1. The predicted octanol–water partition coefficient (Wildman–Crippen LogP) is 3.81. The van der Waals surface area contributed by atoms with E-state index in [0.717, 1.165) is 0 Å². The summed E-state index contributed by atoms with van der Waals surface area (Å²) in [5.41, 5.74) is -0.973. The molecule has 1 aromatic rings. The van der Waals surface area contributed by atoms with Crippen molar-refractivity contribution in [2.45, 2.75) is 63.8 Å². The Morgan fingerprint density at radius 1 is 1.36 bits per heavy atom. The van der Waals surface area contributed by atoms with Crippen LogP contribution >= 0.6 is 0 Å². The standard InChI is InChI=1S/C20H20F3N3O2/c1-11-13(7-24)16-14(8-25-11)15-6-12(28-16)9-26(15)17(27)18-2-4-19(10-18,5-3-18)20(21,22)23/h8,12,15H,2-6,9-10H2,1H3/t12-,15-,18?,19?/m0/s1. The smallest absolute Gasteiger partial charge is 0.394 e. The zero-order chi connectivity index (χ0) is 19.9. The highest BCUT2D eigenvalue weighted by Gasteiger charge is 2.69. The SMILES string of the molecule is Cc1ncc2c(c1C#N)O[C@H]1C[C@@H]2N(C(=O)C23CCC(C(F)(F)F)(CC2)C3)C1. The molecule has 3 heterocycles. The molecule has 1 saturated heterocycles. The van der Waals surface area contributed by atoms with Crippen molar-refractivity contribution in [1.82, 2.24) is 9.88 Å². The Morgan fingerprint density at radius 3 is 2.68 bits per heavy atom. The molecule has 0 N–H and O–H groups in total. The van der Waals surface area contributed by atoms with Gasteiger partial charge in [-0.05, 0) is 39.0 Å². The van der Waals surface area contributed by atoms with E-state index in [4.69, 9.17) is 4.74 Å². The van der Waals surface area contributed by atoms with Gasteiger partial charge in [-0.3, -0.25) is 9.78 Å². The molecule has 28 heavy (non-hydrogen) atoms. The van der Waals surface area contributed by atoms with Gasteiger partial charge in [-0.25, -0.2) is 0 Å². The fourth-order valence-electron chi connectivity index (χ4n) is 5.85. The highest BCUT2D eigenvalue weighted by Crippen LogP contribution is 2.68. The quantitative estimate of drug-likeness (QED) is 0.730. The van der Waals surface area contributed by atoms with Crippen LogP contribution in [-0.2, 0) is 4.79 Å². The zero-order valence-corrected chi connectivity index (χ0v) is 15.5. The molecule has 1 amide bonds. The third kappa shape index (κ3) is 2.13. The molecule has 148 valence electrons. The van der Waals surface area contributed by atoms with Gasteiger partial charge in [0.15, 0.2) is 0 Å². The summed E-state index contributed by atoms with van der Waals surface area (Å²) in [4.78, 5) is 19.5. The molecule has 1 aromatic heterocycles. The van der Waals surface area contributed by atoms with Crippen LogP contribution in [0, 0.1) is 29.1 Å². The van der Waals surface area contributed by atoms with Crippen LogP contribution < -0.4 is 4.74 Å². The minimum Gasteiger partial charge on any atom is -0.487 e. The van der Waals surface area contributed by atoms with E-state index < -0.39 is 17.0 Å². The molecular weight excluding hydrogens is 371 g/mol. The Kier molecular flexibility index (Phi) is 3.43. The Morgan fingerprint density at radius 2 is 2.07 bits per heavy atom. The second-order valence-corrected chi connectivity index (χ2v) is 8.80. The molecule has 2 atom stereocenters. The molecule has 0 radical (unpaired) electrons. The van der Waals surface area contributed by atoms with Crippen molar-refractivity contribution in [3.8, 4) is 11.8 Å². The summed E-state index contributed by atoms with van der Waals surface area (Å²) < 4.78 is 46.8. The van der Waals surface area contributed by atoms with Crippen LogP contribution in [0.3, 0.4) is 0 Å². The lowest BCUT2D eigenvalue weighted by molar-refractivity contribution is -0.220. The van der Waals surface area contributed by atoms with Crippen molar-refractivity contribution in [1.29, 1.82) is 5.26 Å². The molecule has 5 rings (SSSR count). The summed E-state index contributed by atoms with van der Waals surface area (Å²) in [6.45, 7) is 2.08. The minimum atomic E-state index is -4.26. The Labute approximate surface area is 160 Å². The number of alkyl halides is 3. The van der Waals surface area contributed by atoms with Gasteiger partial charge in [0.05, 0.1) is 29.1 Å². The molecule has 8 heteroatoms. The Hall–Kier alpha value is -2.30. The van der Waals surface area contributed by atoms with E-state index in [2.05, 4.69) is 11.1 Å². The van der Waals surface area contributed by atoms with Crippen LogP contribution in [-0.4, -0.2) is 34.6 Å². The number of rotatable bonds is 1. The third-order valence-electron chi connectivity index (χ3n) is 7.42. The summed E-state index contributed by atoms with van der Waals surface area (Å²) in [7, 11) is 0. The minimum absolute atomic E-state index is 0.0383. The maximum Gasteiger partial charge on any atom is 0.394 e. The summed E-state index contributed by atoms with van der Waals surface area (Å²) in [6, 6.07) is 1.84. The molecule has 2 saturated carbocycles. The maximum absolute atomic E-state index is 13.6. The second-order valence-electron chi connectivity index (χ2n) is 8.80. The van der Waals surface area contributed by atoms with Crippen LogP contribution in [0.5, 0.6) is 5.75 Å². The van der Waals surface area contributed by atoms with E-state index in [1.165, 1.54) is 0 Å². The molecule has 0 aromatic carbocycles. The normalized spacial score (nSPS) is 35.5. The number of nitriles is 1. The number of carbonyl (C=O) groups excluding carboxylic acids is 1. The number of amides is 1. The van der Waals surface area contributed by atoms with Gasteiger partial charge in [0.2, 0.25) is 5.91 Å². The van der Waals surface area contributed by atoms with Gasteiger partial charge in [-0.15, -0.1) is 0 Å². The topological polar surface area (TPSA) is 66.2 Å². The number of pyridine rings is 1. The first-order valence-corrected chi connectivity index (χ1v) is 9.64. The lowest BCUT2D eigenvalue weighted by atomic mass is 9.80. The number of hydrogen-bond acceptors (Lipinski definition) is 4. The van der Waals surface area contributed by atoms with Crippen molar-refractivity contribution >= 4 is 5.91 Å². The third-order valence-corrected chi connectivity index (χ3v) is 7.42. The number of fused-ring (bicyclic) bond motifs is 6. The highest BCUT2D eigenvalue weighted by atomic mass is 19.4. The number of aryl methyl sites for hydroxylation is 1. The first-order valence-electron chi connectivity index (χ1n) is 9.64. The van der Waals surface area contributed by atoms with Crippen LogP contribution in [0.4, 0.5) is 13.2 Å². The molecule has 4 bridgehead atoms. The van der Waals surface area contributed by atoms with Gasteiger partial charge in [0, 0.05) is 18.2 Å². The lowest BCUT2D eigenvalue weighted by Crippen LogP contribution is -2.41. The van der Waals surface area contributed by atoms with E-state index in [0.29, 0.717) is 48.4 Å². The molecule has 0 unspecified atom stereocenters. The average molecular weight is 391 g/mol. The van der Waals surface area contributed by atoms with E-state index in [1.807, 2.05) is 0 Å². The van der Waals surface area contributed by atoms with E-state index in [1.54, 1.807) is 18.0 Å². The summed E-state index contributed by atoms with van der Waals surface area (Å²) in [5, 5.41) is 9.45. The maximum atomic E-state index is 13.6. The zero-order valence-electron chi connectivity index (χ0n) is 15.5. The van der Waals surface area contributed by atoms with Crippen molar-refractivity contribution in [2.75, 3.05) is 6.54 Å². The van der Waals surface area contributed by atoms with Crippen molar-refractivity contribution in [3.63, 3.8) is 0 Å². The monoisotopic (exact) mass is 391 g/mol. The summed E-state index contributed by atoms with van der Waals surface area (Å²) in [6.07, 6.45) is -1.70. The molecule has 5 nitrogen and oxygen atoms in total. The van der Waals surface area contributed by atoms with E-state index >= 15 is 0 Å². The van der Waals surface area contributed by atoms with Gasteiger partial charge in [-0.1, -0.05) is 0 Å². The fraction of sp³-hybridized carbons (Fsp3) is 0.650. The van der Waals surface area contributed by atoms with Gasteiger partial charge in [0.1, 0.15) is 23.5 Å². The van der Waals surface area contributed by atoms with E-state index in [9.17, 15) is 23.2 Å². The van der Waals surface area contributed by atoms with Crippen molar-refractivity contribution < 1.29 is 22.7 Å². The number of aromatic nitrogens is 1. The highest BCUT2D eigenvalue weighted by molar-refractivity contribution is 5.85. The molecule has 2 aliphatic carbocycles. The summed E-state index contributed by atoms with van der Waals surface area (Å²) in [5.74, 6) is 0.297. The Balaban J connectivity index is 1.48. The number of likely N-dealkylation sites (tertiary alicyclic amines) is 1. The first-order chi connectivity index (χ1) is 13.2. The fourth-order valence-corrected chi connectivity index (χ4v) is 5.85. The average Bonchev–Trinajstić information content (AvgIpc) is 3.33. The first kappa shape index (κ1) is 17.8. The molecular formula is C20H20F3N3O2. The number of hydrogen-bond donors (Lipinski definition) is 0. The molecule has 0 spiro atoms. The van der Waals surface area contributed by atoms with Gasteiger partial charge < -0.3 is 9.64 Å². The molecule has 4 aliphatic rings. The van der Waals surface area contributed by atoms with Gasteiger partial charge in [0.25, 0.3) is 0 Å². The van der Waals surface area contributed by atoms with Crippen molar-refractivity contribution in [2.24, 2.45) is 10.8 Å². The Bertz CT molecular complexity index is 912. The van der Waals surface area contributed by atoms with Crippen LogP contribution in [0.25, 0.3) is 0 Å². The van der Waals surface area contributed by atoms with Crippen LogP contribution in [0.2, 0.25) is 0 Å². The van der Waals surface area contributed by atoms with Crippen molar-refractivity contribution in [3.05, 3.63) is 23.0 Å². The van der Waals surface area contributed by atoms with E-state index in [-0.39, 0.29) is 37.3 Å². The summed E-state index contributed by atoms with van der Waals surface area (Å²) >= 11 is 0. The van der Waals surface area contributed by atoms with Gasteiger partial charge >= 0.3 is 6.18 Å². The van der Waals surface area contributed by atoms with Crippen LogP contribution in [0.15, 0.2) is 6.20 Å². The number of halogens is 3. The molecule has 2 aliphatic heterocycles. The largest absolute Gasteiger partial charge is 0.487 e. The van der Waals surface area contributed by atoms with Crippen LogP contribution in [0.1, 0.15) is 61.4 Å². The lowest BCUT2D eigenvalue weighted by Gasteiger charge is -2.34. The number of ether oxygens (including phenoxy) is 1. The predicted molar refractivity (Wildman–Crippen MR) is 91.2 cm³/mol. The second kappa shape index (κ2) is 5.40.